The molecule has 2 aromatic rings. The molecule has 0 radical (unpaired) electrons. The summed E-state index contributed by atoms with van der Waals surface area (Å²) >= 11 is 8.97. The van der Waals surface area contributed by atoms with E-state index in [-0.39, 0.29) is 16.8 Å². The molecule has 2 heterocycles. The smallest absolute Gasteiger partial charge is 0.276 e. The maximum atomic E-state index is 11.9. The summed E-state index contributed by atoms with van der Waals surface area (Å²) in [6, 6.07) is 6.65. The number of halogens is 2. The van der Waals surface area contributed by atoms with Gasteiger partial charge in [-0.15, -0.1) is 0 Å². The van der Waals surface area contributed by atoms with E-state index in [0.29, 0.717) is 10.3 Å². The van der Waals surface area contributed by atoms with Gasteiger partial charge in [-0.05, 0) is 41.1 Å². The van der Waals surface area contributed by atoms with E-state index in [4.69, 9.17) is 11.6 Å². The van der Waals surface area contributed by atoms with Gasteiger partial charge in [-0.3, -0.25) is 10.1 Å². The molecule has 0 atom stereocenters. The molecule has 0 aliphatic carbocycles. The van der Waals surface area contributed by atoms with Crippen LogP contribution in [-0.4, -0.2) is 20.9 Å². The van der Waals surface area contributed by atoms with Crippen molar-refractivity contribution in [2.45, 2.75) is 6.92 Å². The van der Waals surface area contributed by atoms with Gasteiger partial charge in [0.1, 0.15) is 15.5 Å². The Bertz CT molecular complexity index is 585. The highest BCUT2D eigenvalue weighted by Gasteiger charge is 2.10. The third-order valence-electron chi connectivity index (χ3n) is 2.00. The summed E-state index contributed by atoms with van der Waals surface area (Å²) in [6.07, 6.45) is 0. The molecule has 0 fully saturated rings. The number of nitrogens with zero attached hydrogens (tertiary/aromatic N) is 3. The predicted molar refractivity (Wildman–Crippen MR) is 71.7 cm³/mol. The first-order valence-electron chi connectivity index (χ1n) is 5.00. The van der Waals surface area contributed by atoms with Gasteiger partial charge in [-0.1, -0.05) is 17.7 Å². The largest absolute Gasteiger partial charge is 0.289 e. The second-order valence-electron chi connectivity index (χ2n) is 3.46. The summed E-state index contributed by atoms with van der Waals surface area (Å²) in [5.74, 6) is -0.232. The van der Waals surface area contributed by atoms with Crippen LogP contribution in [0.25, 0.3) is 0 Å². The zero-order chi connectivity index (χ0) is 13.1. The Kier molecular flexibility index (Phi) is 3.88. The van der Waals surface area contributed by atoms with Crippen LogP contribution < -0.4 is 5.32 Å². The molecule has 0 aliphatic rings. The fraction of sp³-hybridized carbons (Fsp3) is 0.0909. The van der Waals surface area contributed by atoms with E-state index in [2.05, 4.69) is 36.2 Å². The van der Waals surface area contributed by atoms with Gasteiger partial charge < -0.3 is 0 Å². The summed E-state index contributed by atoms with van der Waals surface area (Å²) in [7, 11) is 0. The molecule has 0 saturated heterocycles. The van der Waals surface area contributed by atoms with Crippen LogP contribution in [0.3, 0.4) is 0 Å². The fourth-order valence-electron chi connectivity index (χ4n) is 1.29. The molecule has 2 aromatic heterocycles. The monoisotopic (exact) mass is 326 g/mol. The van der Waals surface area contributed by atoms with Crippen LogP contribution in [0, 0.1) is 6.92 Å². The van der Waals surface area contributed by atoms with Crippen LogP contribution in [-0.2, 0) is 0 Å². The SMILES string of the molecule is Cc1cc(Cl)nc(NC(=O)c2cccc(Br)n2)n1. The highest BCUT2D eigenvalue weighted by molar-refractivity contribution is 9.10. The Morgan fingerprint density at radius 1 is 1.33 bits per heavy atom. The Balaban J connectivity index is 2.21. The van der Waals surface area contributed by atoms with Gasteiger partial charge in [-0.2, -0.15) is 0 Å². The van der Waals surface area contributed by atoms with Crippen molar-refractivity contribution in [2.24, 2.45) is 0 Å². The summed E-state index contributed by atoms with van der Waals surface area (Å²) in [4.78, 5) is 23.9. The van der Waals surface area contributed by atoms with Crippen molar-refractivity contribution in [3.05, 3.63) is 45.4 Å². The second kappa shape index (κ2) is 5.41. The molecule has 7 heteroatoms. The summed E-state index contributed by atoms with van der Waals surface area (Å²) in [5, 5.41) is 2.82. The van der Waals surface area contributed by atoms with Crippen molar-refractivity contribution in [1.82, 2.24) is 15.0 Å². The predicted octanol–water partition coefficient (Wildman–Crippen LogP) is 2.85. The summed E-state index contributed by atoms with van der Waals surface area (Å²) < 4.78 is 0.582. The van der Waals surface area contributed by atoms with Crippen molar-refractivity contribution in [2.75, 3.05) is 5.32 Å². The van der Waals surface area contributed by atoms with Crippen molar-refractivity contribution in [1.29, 1.82) is 0 Å². The Hall–Kier alpha value is -1.53. The first-order chi connectivity index (χ1) is 8.54. The summed E-state index contributed by atoms with van der Waals surface area (Å²) in [6.45, 7) is 1.76. The van der Waals surface area contributed by atoms with Gasteiger partial charge in [0.15, 0.2) is 0 Å². The van der Waals surface area contributed by atoms with Gasteiger partial charge in [-0.25, -0.2) is 15.0 Å². The number of hydrogen-bond donors (Lipinski definition) is 1. The van der Waals surface area contributed by atoms with Crippen LogP contribution >= 0.6 is 27.5 Å². The molecule has 1 amide bonds. The van der Waals surface area contributed by atoms with Gasteiger partial charge in [0.2, 0.25) is 5.95 Å². The first-order valence-corrected chi connectivity index (χ1v) is 6.17. The van der Waals surface area contributed by atoms with Crippen molar-refractivity contribution >= 4 is 39.4 Å². The minimum atomic E-state index is -0.391. The van der Waals surface area contributed by atoms with Crippen LogP contribution in [0.2, 0.25) is 5.15 Å². The minimum Gasteiger partial charge on any atom is -0.289 e. The second-order valence-corrected chi connectivity index (χ2v) is 4.66. The maximum absolute atomic E-state index is 11.9. The molecule has 5 nitrogen and oxygen atoms in total. The highest BCUT2D eigenvalue weighted by Crippen LogP contribution is 2.11. The Morgan fingerprint density at radius 3 is 2.78 bits per heavy atom. The normalized spacial score (nSPS) is 10.2. The number of amides is 1. The lowest BCUT2D eigenvalue weighted by molar-refractivity contribution is 0.102. The lowest BCUT2D eigenvalue weighted by Gasteiger charge is -2.04. The molecule has 0 aliphatic heterocycles. The molecular weight excluding hydrogens is 320 g/mol. The average molecular weight is 328 g/mol. The zero-order valence-electron chi connectivity index (χ0n) is 9.32. The average Bonchev–Trinajstić information content (AvgIpc) is 2.27. The lowest BCUT2D eigenvalue weighted by atomic mass is 10.3. The number of pyridine rings is 1. The number of anilines is 1. The maximum Gasteiger partial charge on any atom is 0.276 e. The molecule has 0 aromatic carbocycles. The van der Waals surface area contributed by atoms with Crippen LogP contribution in [0.15, 0.2) is 28.9 Å². The first kappa shape index (κ1) is 12.9. The number of carbonyl (C=O) groups is 1. The Labute approximate surface area is 117 Å². The molecule has 18 heavy (non-hydrogen) atoms. The Morgan fingerprint density at radius 2 is 2.11 bits per heavy atom. The topological polar surface area (TPSA) is 67.8 Å². The van der Waals surface area contributed by atoms with E-state index in [1.807, 2.05) is 0 Å². The molecular formula is C11H8BrClN4O. The van der Waals surface area contributed by atoms with E-state index in [1.165, 1.54) is 0 Å². The quantitative estimate of drug-likeness (QED) is 0.680. The van der Waals surface area contributed by atoms with E-state index < -0.39 is 5.91 Å². The van der Waals surface area contributed by atoms with Crippen LogP contribution in [0.5, 0.6) is 0 Å². The van der Waals surface area contributed by atoms with Crippen LogP contribution in [0.4, 0.5) is 5.95 Å². The van der Waals surface area contributed by atoms with Gasteiger partial charge in [0, 0.05) is 5.69 Å². The fourth-order valence-corrected chi connectivity index (χ4v) is 1.87. The molecule has 92 valence electrons. The number of carbonyl (C=O) groups excluding carboxylic acids is 1. The van der Waals surface area contributed by atoms with Crippen molar-refractivity contribution < 1.29 is 4.79 Å². The standard InChI is InChI=1S/C11H8BrClN4O/c1-6-5-9(13)16-11(14-6)17-10(18)7-3-2-4-8(12)15-7/h2-5H,1H3,(H,14,16,17,18). The van der Waals surface area contributed by atoms with Gasteiger partial charge in [0.05, 0.1) is 0 Å². The van der Waals surface area contributed by atoms with E-state index in [1.54, 1.807) is 31.2 Å². The number of nitrogens with one attached hydrogen (secondary N) is 1. The van der Waals surface area contributed by atoms with E-state index in [0.717, 1.165) is 0 Å². The van der Waals surface area contributed by atoms with E-state index in [9.17, 15) is 4.79 Å². The molecule has 0 unspecified atom stereocenters. The van der Waals surface area contributed by atoms with Crippen molar-refractivity contribution in [3.8, 4) is 0 Å². The molecule has 0 bridgehead atoms. The highest BCUT2D eigenvalue weighted by atomic mass is 79.9. The number of hydrogen-bond acceptors (Lipinski definition) is 4. The summed E-state index contributed by atoms with van der Waals surface area (Å²) in [5.41, 5.74) is 0.943. The van der Waals surface area contributed by atoms with Gasteiger partial charge in [0.25, 0.3) is 5.91 Å². The third kappa shape index (κ3) is 3.24. The van der Waals surface area contributed by atoms with Gasteiger partial charge >= 0.3 is 0 Å². The number of aryl methyl sites for hydroxylation is 1. The lowest BCUT2D eigenvalue weighted by Crippen LogP contribution is -2.16. The molecule has 0 spiro atoms. The minimum absolute atomic E-state index is 0.159. The molecule has 2 rings (SSSR count). The molecule has 1 N–H and O–H groups in total. The third-order valence-corrected chi connectivity index (χ3v) is 2.63. The zero-order valence-corrected chi connectivity index (χ0v) is 11.7. The number of aromatic nitrogens is 3. The number of rotatable bonds is 2. The molecule has 0 saturated carbocycles. The van der Waals surface area contributed by atoms with Crippen molar-refractivity contribution in [3.63, 3.8) is 0 Å². The van der Waals surface area contributed by atoms with E-state index >= 15 is 0 Å². The van der Waals surface area contributed by atoms with Crippen LogP contribution in [0.1, 0.15) is 16.2 Å².